The summed E-state index contributed by atoms with van der Waals surface area (Å²) in [4.78, 5) is 11.9. The average Bonchev–Trinajstić information content (AvgIpc) is 2.30. The van der Waals surface area contributed by atoms with Crippen LogP contribution in [0.2, 0.25) is 0 Å². The molecule has 16 heavy (non-hydrogen) atoms. The van der Waals surface area contributed by atoms with Gasteiger partial charge in [-0.25, -0.2) is 4.79 Å². The minimum Gasteiger partial charge on any atom is -0.465 e. The van der Waals surface area contributed by atoms with Crippen LogP contribution in [0.1, 0.15) is 47.0 Å². The zero-order valence-corrected chi connectivity index (χ0v) is 10.7. The fraction of sp³-hybridized carbons (Fsp3) is 0.692. The van der Waals surface area contributed by atoms with Crippen LogP contribution >= 0.6 is 0 Å². The summed E-state index contributed by atoms with van der Waals surface area (Å²) in [5.41, 5.74) is -0.209. The SMILES string of the molecule is C/C=C(\CCC)C(C#N)(CC)C(=O)OCC. The Morgan fingerprint density at radius 2 is 2.06 bits per heavy atom. The summed E-state index contributed by atoms with van der Waals surface area (Å²) in [6.45, 7) is 7.81. The van der Waals surface area contributed by atoms with Crippen molar-refractivity contribution >= 4 is 5.97 Å². The summed E-state index contributed by atoms with van der Waals surface area (Å²) in [6, 6.07) is 2.14. The van der Waals surface area contributed by atoms with Gasteiger partial charge in [0.2, 0.25) is 0 Å². The highest BCUT2D eigenvalue weighted by Crippen LogP contribution is 2.35. The first-order chi connectivity index (χ1) is 7.62. The van der Waals surface area contributed by atoms with Gasteiger partial charge in [0.05, 0.1) is 12.7 Å². The van der Waals surface area contributed by atoms with E-state index in [0.29, 0.717) is 13.0 Å². The number of esters is 1. The molecular formula is C13H21NO2. The molecule has 0 aliphatic carbocycles. The summed E-state index contributed by atoms with van der Waals surface area (Å²) in [7, 11) is 0. The molecule has 0 aromatic rings. The summed E-state index contributed by atoms with van der Waals surface area (Å²) in [5.74, 6) is -0.415. The fourth-order valence-electron chi connectivity index (χ4n) is 1.83. The number of nitrogens with zero attached hydrogens (tertiary/aromatic N) is 1. The first kappa shape index (κ1) is 14.7. The number of hydrogen-bond donors (Lipinski definition) is 0. The molecule has 0 radical (unpaired) electrons. The van der Waals surface area contributed by atoms with Crippen LogP contribution in [0.25, 0.3) is 0 Å². The monoisotopic (exact) mass is 223 g/mol. The standard InChI is InChI=1S/C13H21NO2/c1-5-9-11(6-2)13(7-3,10-14)12(15)16-8-4/h6H,5,7-9H2,1-4H3/b11-6+. The molecule has 0 heterocycles. The molecule has 1 atom stereocenters. The van der Waals surface area contributed by atoms with Crippen LogP contribution in [0.3, 0.4) is 0 Å². The summed E-state index contributed by atoms with van der Waals surface area (Å²) >= 11 is 0. The van der Waals surface area contributed by atoms with Crippen molar-refractivity contribution in [1.82, 2.24) is 0 Å². The van der Waals surface area contributed by atoms with E-state index in [4.69, 9.17) is 4.74 Å². The normalized spacial score (nSPS) is 15.1. The largest absolute Gasteiger partial charge is 0.465 e. The van der Waals surface area contributed by atoms with E-state index in [1.165, 1.54) is 0 Å². The van der Waals surface area contributed by atoms with Crippen LogP contribution in [0.15, 0.2) is 11.6 Å². The van der Waals surface area contributed by atoms with Gasteiger partial charge in [0.1, 0.15) is 0 Å². The molecule has 0 aromatic carbocycles. The zero-order chi connectivity index (χ0) is 12.6. The van der Waals surface area contributed by atoms with Crippen molar-refractivity contribution in [3.05, 3.63) is 11.6 Å². The second kappa shape index (κ2) is 7.05. The lowest BCUT2D eigenvalue weighted by Gasteiger charge is -2.25. The number of ether oxygens (including phenoxy) is 1. The van der Waals surface area contributed by atoms with E-state index in [9.17, 15) is 10.1 Å². The smallest absolute Gasteiger partial charge is 0.330 e. The first-order valence-electron chi connectivity index (χ1n) is 5.86. The number of nitriles is 1. The molecule has 90 valence electrons. The van der Waals surface area contributed by atoms with Gasteiger partial charge in [-0.3, -0.25) is 0 Å². The Hall–Kier alpha value is -1.30. The van der Waals surface area contributed by atoms with E-state index < -0.39 is 11.4 Å². The van der Waals surface area contributed by atoms with E-state index in [2.05, 4.69) is 6.07 Å². The Morgan fingerprint density at radius 3 is 2.38 bits per heavy atom. The Morgan fingerprint density at radius 1 is 1.44 bits per heavy atom. The molecule has 0 saturated carbocycles. The highest BCUT2D eigenvalue weighted by Gasteiger charge is 2.41. The Kier molecular flexibility index (Phi) is 6.48. The average molecular weight is 223 g/mol. The van der Waals surface area contributed by atoms with Gasteiger partial charge in [-0.2, -0.15) is 5.26 Å². The summed E-state index contributed by atoms with van der Waals surface area (Å²) < 4.78 is 5.02. The Labute approximate surface area is 98.1 Å². The second-order valence-electron chi connectivity index (χ2n) is 3.66. The fourth-order valence-corrected chi connectivity index (χ4v) is 1.83. The van der Waals surface area contributed by atoms with Crippen molar-refractivity contribution in [1.29, 1.82) is 5.26 Å². The van der Waals surface area contributed by atoms with Gasteiger partial charge in [-0.1, -0.05) is 26.3 Å². The van der Waals surface area contributed by atoms with Crippen LogP contribution in [-0.2, 0) is 9.53 Å². The molecule has 0 aliphatic rings. The molecule has 0 N–H and O–H groups in total. The number of allylic oxidation sites excluding steroid dienone is 1. The minimum atomic E-state index is -1.08. The maximum atomic E-state index is 11.9. The summed E-state index contributed by atoms with van der Waals surface area (Å²) in [5, 5.41) is 9.31. The molecule has 0 aliphatic heterocycles. The number of carbonyl (C=O) groups is 1. The predicted octanol–water partition coefficient (Wildman–Crippen LogP) is 3.22. The molecule has 0 spiro atoms. The predicted molar refractivity (Wildman–Crippen MR) is 63.6 cm³/mol. The van der Waals surface area contributed by atoms with Crippen molar-refractivity contribution in [2.75, 3.05) is 6.61 Å². The second-order valence-corrected chi connectivity index (χ2v) is 3.66. The van der Waals surface area contributed by atoms with Crippen molar-refractivity contribution in [2.45, 2.75) is 47.0 Å². The van der Waals surface area contributed by atoms with Gasteiger partial charge in [-0.05, 0) is 32.3 Å². The lowest BCUT2D eigenvalue weighted by molar-refractivity contribution is -0.150. The minimum absolute atomic E-state index is 0.311. The molecule has 0 rings (SSSR count). The van der Waals surface area contributed by atoms with Crippen LogP contribution in [0.5, 0.6) is 0 Å². The van der Waals surface area contributed by atoms with Gasteiger partial charge < -0.3 is 4.74 Å². The van der Waals surface area contributed by atoms with E-state index >= 15 is 0 Å². The molecule has 3 nitrogen and oxygen atoms in total. The third-order valence-corrected chi connectivity index (χ3v) is 2.76. The van der Waals surface area contributed by atoms with Gasteiger partial charge in [0.15, 0.2) is 5.41 Å². The molecular weight excluding hydrogens is 202 g/mol. The lowest BCUT2D eigenvalue weighted by atomic mass is 9.77. The van der Waals surface area contributed by atoms with Crippen molar-refractivity contribution in [3.63, 3.8) is 0 Å². The quantitative estimate of drug-likeness (QED) is 0.513. The van der Waals surface area contributed by atoms with E-state index in [1.807, 2.05) is 26.8 Å². The van der Waals surface area contributed by atoms with E-state index in [-0.39, 0.29) is 0 Å². The van der Waals surface area contributed by atoms with Crippen molar-refractivity contribution < 1.29 is 9.53 Å². The molecule has 0 amide bonds. The Bertz CT molecular complexity index is 302. The van der Waals surface area contributed by atoms with E-state index in [1.54, 1.807) is 6.92 Å². The maximum Gasteiger partial charge on any atom is 0.330 e. The van der Waals surface area contributed by atoms with Crippen LogP contribution < -0.4 is 0 Å². The van der Waals surface area contributed by atoms with Crippen LogP contribution in [-0.4, -0.2) is 12.6 Å². The highest BCUT2D eigenvalue weighted by molar-refractivity contribution is 5.84. The molecule has 0 fully saturated rings. The molecule has 0 bridgehead atoms. The van der Waals surface area contributed by atoms with Gasteiger partial charge >= 0.3 is 5.97 Å². The molecule has 1 unspecified atom stereocenters. The maximum absolute atomic E-state index is 11.9. The van der Waals surface area contributed by atoms with Gasteiger partial charge in [-0.15, -0.1) is 0 Å². The highest BCUT2D eigenvalue weighted by atomic mass is 16.5. The molecule has 3 heteroatoms. The summed E-state index contributed by atoms with van der Waals surface area (Å²) in [6.07, 6.45) is 4.01. The molecule has 0 aromatic heterocycles. The molecule has 0 saturated heterocycles. The third-order valence-electron chi connectivity index (χ3n) is 2.76. The van der Waals surface area contributed by atoms with E-state index in [0.717, 1.165) is 18.4 Å². The number of rotatable bonds is 6. The van der Waals surface area contributed by atoms with Crippen LogP contribution in [0.4, 0.5) is 0 Å². The number of carbonyl (C=O) groups excluding carboxylic acids is 1. The third kappa shape index (κ3) is 2.85. The zero-order valence-electron chi connectivity index (χ0n) is 10.7. The van der Waals surface area contributed by atoms with Gasteiger partial charge in [0, 0.05) is 0 Å². The van der Waals surface area contributed by atoms with Gasteiger partial charge in [0.25, 0.3) is 0 Å². The number of hydrogen-bond acceptors (Lipinski definition) is 3. The van der Waals surface area contributed by atoms with Crippen molar-refractivity contribution in [2.24, 2.45) is 5.41 Å². The van der Waals surface area contributed by atoms with Crippen molar-refractivity contribution in [3.8, 4) is 6.07 Å². The van der Waals surface area contributed by atoms with Crippen LogP contribution in [0, 0.1) is 16.7 Å². The first-order valence-corrected chi connectivity index (χ1v) is 5.86. The lowest BCUT2D eigenvalue weighted by Crippen LogP contribution is -2.33. The Balaban J connectivity index is 5.24. The topological polar surface area (TPSA) is 50.1 Å².